The van der Waals surface area contributed by atoms with Crippen molar-refractivity contribution in [2.75, 3.05) is 32.8 Å². The zero-order valence-corrected chi connectivity index (χ0v) is 14.3. The molecule has 2 amide bonds. The maximum atomic E-state index is 12.4. The number of carbonyl (C=O) groups excluding carboxylic acids is 2. The molecule has 0 N–H and O–H groups in total. The van der Waals surface area contributed by atoms with Gasteiger partial charge in [-0.05, 0) is 31.7 Å². The van der Waals surface area contributed by atoms with Gasteiger partial charge in [0.05, 0.1) is 6.20 Å². The van der Waals surface area contributed by atoms with Crippen molar-refractivity contribution in [1.29, 1.82) is 0 Å². The minimum Gasteiger partial charge on any atom is -0.368 e. The molecule has 1 atom stereocenters. The maximum absolute atomic E-state index is 12.4. The number of hydrogen-bond donors (Lipinski definition) is 0. The molecule has 0 aliphatic carbocycles. The third kappa shape index (κ3) is 4.14. The van der Waals surface area contributed by atoms with Crippen LogP contribution in [0.25, 0.3) is 0 Å². The Morgan fingerprint density at radius 2 is 2.00 bits per heavy atom. The number of aromatic nitrogens is 2. The summed E-state index contributed by atoms with van der Waals surface area (Å²) in [5.74, 6) is 0.225. The molecule has 0 aromatic carbocycles. The van der Waals surface area contributed by atoms with Gasteiger partial charge >= 0.3 is 0 Å². The Labute approximate surface area is 142 Å². The summed E-state index contributed by atoms with van der Waals surface area (Å²) in [5.41, 5.74) is 1.10. The molecule has 7 nitrogen and oxygen atoms in total. The van der Waals surface area contributed by atoms with Gasteiger partial charge in [-0.15, -0.1) is 0 Å². The fraction of sp³-hybridized carbons (Fsp3) is 0.706. The molecule has 24 heavy (non-hydrogen) atoms. The summed E-state index contributed by atoms with van der Waals surface area (Å²) in [5, 5.41) is 4.21. The molecule has 132 valence electrons. The van der Waals surface area contributed by atoms with Gasteiger partial charge in [0.2, 0.25) is 5.91 Å². The summed E-state index contributed by atoms with van der Waals surface area (Å²) in [6.45, 7) is 5.90. The SMILES string of the molecule is Cc1cnn(CCC(=O)N2CCCN(C(=O)C3CCCO3)CC2)c1. The van der Waals surface area contributed by atoms with Crippen LogP contribution < -0.4 is 0 Å². The molecule has 0 spiro atoms. The summed E-state index contributed by atoms with van der Waals surface area (Å²) in [4.78, 5) is 28.6. The summed E-state index contributed by atoms with van der Waals surface area (Å²) < 4.78 is 7.30. The quantitative estimate of drug-likeness (QED) is 0.818. The lowest BCUT2D eigenvalue weighted by atomic mass is 10.2. The number of rotatable bonds is 4. The molecule has 0 bridgehead atoms. The van der Waals surface area contributed by atoms with Crippen LogP contribution in [0, 0.1) is 6.92 Å². The summed E-state index contributed by atoms with van der Waals surface area (Å²) >= 11 is 0. The molecular formula is C17H26N4O3. The lowest BCUT2D eigenvalue weighted by molar-refractivity contribution is -0.141. The number of hydrogen-bond acceptors (Lipinski definition) is 4. The van der Waals surface area contributed by atoms with E-state index in [1.165, 1.54) is 0 Å². The Kier molecular flexibility index (Phi) is 5.50. The van der Waals surface area contributed by atoms with E-state index in [9.17, 15) is 9.59 Å². The van der Waals surface area contributed by atoms with Crippen LogP contribution in [0.5, 0.6) is 0 Å². The average molecular weight is 334 g/mol. The Balaban J connectivity index is 1.47. The van der Waals surface area contributed by atoms with Crippen molar-refractivity contribution in [1.82, 2.24) is 19.6 Å². The molecular weight excluding hydrogens is 308 g/mol. The monoisotopic (exact) mass is 334 g/mol. The van der Waals surface area contributed by atoms with Gasteiger partial charge in [0.15, 0.2) is 0 Å². The van der Waals surface area contributed by atoms with Crippen molar-refractivity contribution in [3.8, 4) is 0 Å². The molecule has 1 aromatic heterocycles. The lowest BCUT2D eigenvalue weighted by Gasteiger charge is -2.24. The zero-order valence-electron chi connectivity index (χ0n) is 14.3. The van der Waals surface area contributed by atoms with E-state index in [0.29, 0.717) is 45.8 Å². The van der Waals surface area contributed by atoms with E-state index in [-0.39, 0.29) is 17.9 Å². The van der Waals surface area contributed by atoms with Gasteiger partial charge in [0, 0.05) is 51.9 Å². The number of amides is 2. The second kappa shape index (κ2) is 7.79. The Bertz CT molecular complexity index is 580. The second-order valence-electron chi connectivity index (χ2n) is 6.59. The van der Waals surface area contributed by atoms with Crippen LogP contribution in [0.15, 0.2) is 12.4 Å². The third-order valence-corrected chi connectivity index (χ3v) is 4.68. The zero-order chi connectivity index (χ0) is 16.9. The highest BCUT2D eigenvalue weighted by Crippen LogP contribution is 2.16. The van der Waals surface area contributed by atoms with E-state index in [0.717, 1.165) is 24.8 Å². The average Bonchev–Trinajstić information content (AvgIpc) is 3.18. The summed E-state index contributed by atoms with van der Waals surface area (Å²) in [7, 11) is 0. The summed E-state index contributed by atoms with van der Waals surface area (Å²) in [6, 6.07) is 0. The molecule has 0 radical (unpaired) electrons. The minimum atomic E-state index is -0.268. The fourth-order valence-corrected chi connectivity index (χ4v) is 3.32. The van der Waals surface area contributed by atoms with Crippen LogP contribution in [0.4, 0.5) is 0 Å². The molecule has 2 saturated heterocycles. The molecule has 2 fully saturated rings. The van der Waals surface area contributed by atoms with Gasteiger partial charge in [-0.2, -0.15) is 5.10 Å². The van der Waals surface area contributed by atoms with Crippen LogP contribution in [-0.4, -0.2) is 70.3 Å². The molecule has 3 heterocycles. The standard InChI is InChI=1S/C17H26N4O3/c1-14-12-18-21(13-14)8-5-16(22)19-6-3-7-20(10-9-19)17(23)15-4-2-11-24-15/h12-13,15H,2-11H2,1H3. The molecule has 2 aliphatic heterocycles. The summed E-state index contributed by atoms with van der Waals surface area (Å²) in [6.07, 6.45) is 6.52. The van der Waals surface area contributed by atoms with Gasteiger partial charge in [-0.3, -0.25) is 14.3 Å². The largest absolute Gasteiger partial charge is 0.368 e. The van der Waals surface area contributed by atoms with Crippen molar-refractivity contribution >= 4 is 11.8 Å². The second-order valence-corrected chi connectivity index (χ2v) is 6.59. The van der Waals surface area contributed by atoms with E-state index >= 15 is 0 Å². The van der Waals surface area contributed by atoms with Crippen LogP contribution in [0.3, 0.4) is 0 Å². The molecule has 3 rings (SSSR count). The first-order valence-electron chi connectivity index (χ1n) is 8.81. The van der Waals surface area contributed by atoms with E-state index < -0.39 is 0 Å². The topological polar surface area (TPSA) is 67.7 Å². The first-order valence-corrected chi connectivity index (χ1v) is 8.81. The van der Waals surface area contributed by atoms with E-state index in [1.807, 2.05) is 22.9 Å². The van der Waals surface area contributed by atoms with Gasteiger partial charge < -0.3 is 14.5 Å². The smallest absolute Gasteiger partial charge is 0.251 e. The highest BCUT2D eigenvalue weighted by atomic mass is 16.5. The van der Waals surface area contributed by atoms with Crippen LogP contribution in [-0.2, 0) is 20.9 Å². The first-order chi connectivity index (χ1) is 11.6. The first kappa shape index (κ1) is 17.0. The van der Waals surface area contributed by atoms with Gasteiger partial charge in [0.25, 0.3) is 5.91 Å². The van der Waals surface area contributed by atoms with Gasteiger partial charge in [0.1, 0.15) is 6.10 Å². The molecule has 1 unspecified atom stereocenters. The van der Waals surface area contributed by atoms with E-state index in [1.54, 1.807) is 10.9 Å². The molecule has 1 aromatic rings. The Morgan fingerprint density at radius 1 is 1.21 bits per heavy atom. The predicted molar refractivity (Wildman–Crippen MR) is 88.3 cm³/mol. The van der Waals surface area contributed by atoms with Crippen molar-refractivity contribution in [3.63, 3.8) is 0 Å². The van der Waals surface area contributed by atoms with Crippen LogP contribution >= 0.6 is 0 Å². The third-order valence-electron chi connectivity index (χ3n) is 4.68. The minimum absolute atomic E-state index is 0.0915. The van der Waals surface area contributed by atoms with Gasteiger partial charge in [-0.25, -0.2) is 0 Å². The molecule has 2 aliphatic rings. The molecule has 0 saturated carbocycles. The van der Waals surface area contributed by atoms with E-state index in [2.05, 4.69) is 5.10 Å². The number of aryl methyl sites for hydroxylation is 2. The highest BCUT2D eigenvalue weighted by Gasteiger charge is 2.29. The van der Waals surface area contributed by atoms with Crippen LogP contribution in [0.1, 0.15) is 31.2 Å². The Morgan fingerprint density at radius 3 is 2.71 bits per heavy atom. The normalized spacial score (nSPS) is 21.8. The fourth-order valence-electron chi connectivity index (χ4n) is 3.32. The van der Waals surface area contributed by atoms with Crippen LogP contribution in [0.2, 0.25) is 0 Å². The van der Waals surface area contributed by atoms with Crippen molar-refractivity contribution in [3.05, 3.63) is 18.0 Å². The predicted octanol–water partition coefficient (Wildman–Crippen LogP) is 0.822. The number of nitrogens with zero attached hydrogens (tertiary/aromatic N) is 4. The molecule has 7 heteroatoms. The lowest BCUT2D eigenvalue weighted by Crippen LogP contribution is -2.41. The van der Waals surface area contributed by atoms with Crippen molar-refractivity contribution in [2.24, 2.45) is 0 Å². The van der Waals surface area contributed by atoms with Crippen molar-refractivity contribution in [2.45, 2.75) is 45.3 Å². The highest BCUT2D eigenvalue weighted by molar-refractivity contribution is 5.81. The number of carbonyl (C=O) groups is 2. The number of ether oxygens (including phenoxy) is 1. The Hall–Kier alpha value is -1.89. The van der Waals surface area contributed by atoms with Gasteiger partial charge in [-0.1, -0.05) is 0 Å². The maximum Gasteiger partial charge on any atom is 0.251 e. The van der Waals surface area contributed by atoms with Crippen molar-refractivity contribution < 1.29 is 14.3 Å². The van der Waals surface area contributed by atoms with E-state index in [4.69, 9.17) is 4.74 Å².